The lowest BCUT2D eigenvalue weighted by molar-refractivity contribution is -0.130. The van der Waals surface area contributed by atoms with Gasteiger partial charge in [-0.15, -0.1) is 0 Å². The van der Waals surface area contributed by atoms with Crippen LogP contribution in [0.1, 0.15) is 30.5 Å². The van der Waals surface area contributed by atoms with Crippen molar-refractivity contribution in [1.82, 2.24) is 10.6 Å². The number of benzene rings is 1. The summed E-state index contributed by atoms with van der Waals surface area (Å²) >= 11 is 0. The minimum Gasteiger partial charge on any atom is -0.360 e. The fourth-order valence-corrected chi connectivity index (χ4v) is 2.73. The zero-order valence-electron chi connectivity index (χ0n) is 10.3. The molecule has 2 heterocycles. The van der Waals surface area contributed by atoms with Crippen LogP contribution in [0.25, 0.3) is 0 Å². The van der Waals surface area contributed by atoms with Crippen molar-refractivity contribution in [1.29, 1.82) is 0 Å². The van der Waals surface area contributed by atoms with Crippen LogP contribution in [0.5, 0.6) is 0 Å². The predicted octanol–water partition coefficient (Wildman–Crippen LogP) is 1.60. The van der Waals surface area contributed by atoms with E-state index in [-0.39, 0.29) is 6.23 Å². The molecular weight excluding hydrogens is 212 g/mol. The average molecular weight is 232 g/mol. The van der Waals surface area contributed by atoms with Crippen molar-refractivity contribution in [2.75, 3.05) is 13.1 Å². The number of hydrogen-bond acceptors (Lipinski definition) is 3. The van der Waals surface area contributed by atoms with Gasteiger partial charge in [0, 0.05) is 19.0 Å². The van der Waals surface area contributed by atoms with Gasteiger partial charge in [0.05, 0.1) is 6.10 Å². The van der Waals surface area contributed by atoms with Gasteiger partial charge in [0.25, 0.3) is 0 Å². The van der Waals surface area contributed by atoms with Crippen molar-refractivity contribution in [3.8, 4) is 0 Å². The molecule has 0 radical (unpaired) electrons. The maximum atomic E-state index is 5.58. The van der Waals surface area contributed by atoms with Gasteiger partial charge >= 0.3 is 0 Å². The van der Waals surface area contributed by atoms with Crippen LogP contribution in [0.2, 0.25) is 0 Å². The Balaban J connectivity index is 1.61. The monoisotopic (exact) mass is 232 g/mol. The number of nitrogens with one attached hydrogen (secondary N) is 2. The third kappa shape index (κ3) is 2.37. The van der Waals surface area contributed by atoms with Gasteiger partial charge in [-0.3, -0.25) is 5.32 Å². The lowest BCUT2D eigenvalue weighted by Crippen LogP contribution is -2.49. The first kappa shape index (κ1) is 11.2. The second-order valence-corrected chi connectivity index (χ2v) is 5.03. The second-order valence-electron chi connectivity index (χ2n) is 5.03. The average Bonchev–Trinajstić information content (AvgIpc) is 2.33. The topological polar surface area (TPSA) is 33.3 Å². The molecule has 2 aliphatic rings. The van der Waals surface area contributed by atoms with Gasteiger partial charge in [-0.05, 0) is 31.0 Å². The molecule has 2 unspecified atom stereocenters. The van der Waals surface area contributed by atoms with E-state index < -0.39 is 0 Å². The Bertz CT molecular complexity index is 388. The van der Waals surface area contributed by atoms with E-state index in [0.717, 1.165) is 25.9 Å². The van der Waals surface area contributed by atoms with E-state index in [2.05, 4.69) is 41.8 Å². The molecule has 0 spiro atoms. The van der Waals surface area contributed by atoms with Crippen molar-refractivity contribution >= 4 is 0 Å². The molecule has 1 saturated heterocycles. The highest BCUT2D eigenvalue weighted by atomic mass is 16.5. The molecule has 1 aromatic rings. The molecule has 0 aliphatic carbocycles. The van der Waals surface area contributed by atoms with Crippen LogP contribution in [-0.2, 0) is 11.2 Å². The van der Waals surface area contributed by atoms with Crippen molar-refractivity contribution in [2.45, 2.75) is 38.1 Å². The van der Waals surface area contributed by atoms with Crippen LogP contribution >= 0.6 is 0 Å². The smallest absolute Gasteiger partial charge is 0.111 e. The maximum Gasteiger partial charge on any atom is 0.111 e. The van der Waals surface area contributed by atoms with E-state index in [9.17, 15) is 0 Å². The Morgan fingerprint density at radius 3 is 3.06 bits per heavy atom. The van der Waals surface area contributed by atoms with Crippen LogP contribution in [0.15, 0.2) is 24.3 Å². The summed E-state index contributed by atoms with van der Waals surface area (Å²) < 4.78 is 5.58. The lowest BCUT2D eigenvalue weighted by Gasteiger charge is -2.36. The van der Waals surface area contributed by atoms with Crippen LogP contribution in [0, 0.1) is 0 Å². The summed E-state index contributed by atoms with van der Waals surface area (Å²) in [4.78, 5) is 0. The quantitative estimate of drug-likeness (QED) is 0.830. The first-order valence-electron chi connectivity index (χ1n) is 6.53. The molecule has 3 heteroatoms. The molecule has 0 saturated carbocycles. The molecule has 0 aromatic heterocycles. The number of fused-ring (bicyclic) bond motifs is 1. The minimum absolute atomic E-state index is 0.265. The first-order chi connectivity index (χ1) is 8.33. The van der Waals surface area contributed by atoms with Crippen LogP contribution in [-0.4, -0.2) is 25.4 Å². The van der Waals surface area contributed by atoms with E-state index in [1.807, 2.05) is 0 Å². The molecule has 2 N–H and O–H groups in total. The molecule has 2 aliphatic heterocycles. The fourth-order valence-electron chi connectivity index (χ4n) is 2.73. The van der Waals surface area contributed by atoms with Gasteiger partial charge in [0.2, 0.25) is 0 Å². The largest absolute Gasteiger partial charge is 0.360 e. The summed E-state index contributed by atoms with van der Waals surface area (Å²) in [7, 11) is 0. The fraction of sp³-hybridized carbons (Fsp3) is 0.571. The van der Waals surface area contributed by atoms with Gasteiger partial charge in [0.15, 0.2) is 0 Å². The van der Waals surface area contributed by atoms with E-state index in [4.69, 9.17) is 4.74 Å². The Kier molecular flexibility index (Phi) is 3.14. The van der Waals surface area contributed by atoms with Gasteiger partial charge in [-0.1, -0.05) is 24.3 Å². The number of ether oxygens (including phenoxy) is 1. The Labute approximate surface area is 103 Å². The van der Waals surface area contributed by atoms with Crippen LogP contribution < -0.4 is 10.6 Å². The Morgan fingerprint density at radius 1 is 1.41 bits per heavy atom. The van der Waals surface area contributed by atoms with Gasteiger partial charge in [0.1, 0.15) is 6.23 Å². The van der Waals surface area contributed by atoms with E-state index in [0.29, 0.717) is 12.1 Å². The van der Waals surface area contributed by atoms with E-state index in [1.54, 1.807) is 0 Å². The summed E-state index contributed by atoms with van der Waals surface area (Å²) in [5.74, 6) is 0. The maximum absolute atomic E-state index is 5.58. The summed E-state index contributed by atoms with van der Waals surface area (Å²) in [6, 6.07) is 9.16. The van der Waals surface area contributed by atoms with Crippen molar-refractivity contribution in [2.24, 2.45) is 0 Å². The molecule has 0 bridgehead atoms. The molecule has 92 valence electrons. The van der Waals surface area contributed by atoms with Gasteiger partial charge in [-0.2, -0.15) is 0 Å². The van der Waals surface area contributed by atoms with Crippen LogP contribution in [0.3, 0.4) is 0 Å². The highest BCUT2D eigenvalue weighted by Gasteiger charge is 2.27. The van der Waals surface area contributed by atoms with Gasteiger partial charge in [-0.25, -0.2) is 0 Å². The third-order valence-electron chi connectivity index (χ3n) is 3.71. The molecule has 0 amide bonds. The van der Waals surface area contributed by atoms with Crippen molar-refractivity contribution in [3.05, 3.63) is 35.4 Å². The predicted molar refractivity (Wildman–Crippen MR) is 67.8 cm³/mol. The van der Waals surface area contributed by atoms with Crippen molar-refractivity contribution < 1.29 is 4.74 Å². The Morgan fingerprint density at radius 2 is 2.24 bits per heavy atom. The molecule has 17 heavy (non-hydrogen) atoms. The highest BCUT2D eigenvalue weighted by molar-refractivity contribution is 5.32. The van der Waals surface area contributed by atoms with E-state index >= 15 is 0 Å². The van der Waals surface area contributed by atoms with Gasteiger partial charge < -0.3 is 10.1 Å². The number of hydrogen-bond donors (Lipinski definition) is 2. The normalized spacial score (nSPS) is 31.7. The van der Waals surface area contributed by atoms with E-state index in [1.165, 1.54) is 11.1 Å². The zero-order valence-corrected chi connectivity index (χ0v) is 10.3. The van der Waals surface area contributed by atoms with Crippen LogP contribution in [0.4, 0.5) is 0 Å². The molecular formula is C14H20N2O. The summed E-state index contributed by atoms with van der Waals surface area (Å²) in [6.07, 6.45) is 2.97. The number of rotatable bonds is 3. The molecule has 3 nitrogen and oxygen atoms in total. The molecule has 1 aromatic carbocycles. The molecule has 3 rings (SSSR count). The Hall–Kier alpha value is -0.900. The molecule has 3 atom stereocenters. The third-order valence-corrected chi connectivity index (χ3v) is 3.71. The SMILES string of the molecule is CC1CC(NC[C@@H]2NCCc3ccccc32)O1. The first-order valence-corrected chi connectivity index (χ1v) is 6.53. The summed E-state index contributed by atoms with van der Waals surface area (Å²) in [6.45, 7) is 4.14. The molecule has 1 fully saturated rings. The lowest BCUT2D eigenvalue weighted by atomic mass is 9.94. The highest BCUT2D eigenvalue weighted by Crippen LogP contribution is 2.23. The van der Waals surface area contributed by atoms with Crippen molar-refractivity contribution in [3.63, 3.8) is 0 Å². The second kappa shape index (κ2) is 4.77. The minimum atomic E-state index is 0.265. The zero-order chi connectivity index (χ0) is 11.7. The summed E-state index contributed by atoms with van der Waals surface area (Å²) in [5, 5.41) is 7.05. The standard InChI is InChI=1S/C14H20N2O/c1-10-8-14(17-10)16-9-13-12-5-3-2-4-11(12)6-7-15-13/h2-5,10,13-16H,6-9H2,1H3/t10?,13-,14?/m0/s1. The summed E-state index contributed by atoms with van der Waals surface area (Å²) in [5.41, 5.74) is 2.93.